The van der Waals surface area contributed by atoms with Crippen molar-refractivity contribution in [1.82, 2.24) is 0 Å². The number of carbonyl (C=O) groups excluding carboxylic acids is 2. The van der Waals surface area contributed by atoms with E-state index in [2.05, 4.69) is 31.3 Å². The van der Waals surface area contributed by atoms with E-state index in [9.17, 15) is 9.59 Å². The monoisotopic (exact) mass is 460 g/mol. The number of carbonyl (C=O) groups is 2. The van der Waals surface area contributed by atoms with Gasteiger partial charge in [-0.15, -0.1) is 0 Å². The fourth-order valence-corrected chi connectivity index (χ4v) is 5.68. The molecule has 1 atom stereocenters. The minimum absolute atomic E-state index is 0.211. The fraction of sp³-hybridized carbons (Fsp3) is 0.154. The van der Waals surface area contributed by atoms with Gasteiger partial charge in [-0.3, -0.25) is 14.5 Å². The molecule has 1 N–H and O–H groups in total. The second kappa shape index (κ2) is 7.84. The molecule has 3 aromatic rings. The molecule has 4 nitrogen and oxygen atoms in total. The number of anilines is 2. The summed E-state index contributed by atoms with van der Waals surface area (Å²) < 4.78 is 0. The van der Waals surface area contributed by atoms with Gasteiger partial charge in [-0.1, -0.05) is 79.7 Å². The molecule has 1 saturated heterocycles. The van der Waals surface area contributed by atoms with Gasteiger partial charge in [0.15, 0.2) is 0 Å². The predicted molar refractivity (Wildman–Crippen MR) is 132 cm³/mol. The van der Waals surface area contributed by atoms with Gasteiger partial charge in [0.25, 0.3) is 11.8 Å². The van der Waals surface area contributed by atoms with E-state index >= 15 is 0 Å². The highest BCUT2D eigenvalue weighted by Crippen LogP contribution is 2.57. The number of benzene rings is 3. The largest absolute Gasteiger partial charge is 0.323 e. The molecule has 5 rings (SSSR count). The molecule has 32 heavy (non-hydrogen) atoms. The van der Waals surface area contributed by atoms with Crippen LogP contribution < -0.4 is 10.2 Å². The Morgan fingerprint density at radius 1 is 0.969 bits per heavy atom. The smallest absolute Gasteiger partial charge is 0.266 e. The summed E-state index contributed by atoms with van der Waals surface area (Å²) in [6.45, 7) is 4.29. The number of nitrogens with zero attached hydrogens (tertiary/aromatic N) is 1. The van der Waals surface area contributed by atoms with Gasteiger partial charge in [0.1, 0.15) is 0 Å². The van der Waals surface area contributed by atoms with Crippen molar-refractivity contribution in [2.45, 2.75) is 24.6 Å². The van der Waals surface area contributed by atoms with Crippen LogP contribution in [0.2, 0.25) is 5.02 Å². The van der Waals surface area contributed by atoms with Crippen molar-refractivity contribution in [2.75, 3.05) is 10.2 Å². The molecule has 3 aromatic carbocycles. The summed E-state index contributed by atoms with van der Waals surface area (Å²) >= 11 is 7.37. The first kappa shape index (κ1) is 20.9. The molecule has 0 aromatic heterocycles. The van der Waals surface area contributed by atoms with Gasteiger partial charge >= 0.3 is 0 Å². The first-order valence-corrected chi connectivity index (χ1v) is 11.6. The van der Waals surface area contributed by atoms with Gasteiger partial charge in [0.05, 0.1) is 4.91 Å². The van der Waals surface area contributed by atoms with E-state index in [0.29, 0.717) is 21.5 Å². The summed E-state index contributed by atoms with van der Waals surface area (Å²) in [5.41, 5.74) is 4.28. The second-order valence-corrected chi connectivity index (χ2v) is 9.86. The lowest BCUT2D eigenvalue weighted by Gasteiger charge is -2.31. The van der Waals surface area contributed by atoms with E-state index in [1.54, 1.807) is 29.2 Å². The van der Waals surface area contributed by atoms with Crippen LogP contribution in [0, 0.1) is 0 Å². The normalized spacial score (nSPS) is 21.0. The van der Waals surface area contributed by atoms with Crippen LogP contribution in [-0.4, -0.2) is 11.8 Å². The molecule has 1 fully saturated rings. The first-order valence-electron chi connectivity index (χ1n) is 10.4. The number of halogens is 1. The number of fused-ring (bicyclic) bond motifs is 2. The molecular formula is C26H21ClN2O2S. The Hall–Kier alpha value is -3.02. The maximum Gasteiger partial charge on any atom is 0.266 e. The summed E-state index contributed by atoms with van der Waals surface area (Å²) in [7, 11) is 0. The van der Waals surface area contributed by atoms with Crippen LogP contribution in [0.25, 0.3) is 6.08 Å². The average Bonchev–Trinajstić information content (AvgIpc) is 3.23. The van der Waals surface area contributed by atoms with Crippen molar-refractivity contribution in [3.05, 3.63) is 99.4 Å². The van der Waals surface area contributed by atoms with Crippen LogP contribution >= 0.6 is 23.4 Å². The first-order chi connectivity index (χ1) is 15.4. The molecule has 0 saturated carbocycles. The number of rotatable bonds is 3. The SMILES string of the molecule is CC(C)c1ccc(C=C2SC3(C(=O)Nc4ccccc43)N(c3ccc(Cl)cc3)C2=O)cc1. The summed E-state index contributed by atoms with van der Waals surface area (Å²) in [4.78, 5) is 28.0. The fourth-order valence-electron chi connectivity index (χ4n) is 4.15. The topological polar surface area (TPSA) is 49.4 Å². The lowest BCUT2D eigenvalue weighted by molar-refractivity contribution is -0.121. The third-order valence-corrected chi connectivity index (χ3v) is 7.47. The number of hydrogen-bond acceptors (Lipinski definition) is 3. The highest BCUT2D eigenvalue weighted by atomic mass is 35.5. The van der Waals surface area contributed by atoms with E-state index in [1.165, 1.54) is 17.3 Å². The molecular weight excluding hydrogens is 440 g/mol. The van der Waals surface area contributed by atoms with E-state index < -0.39 is 4.87 Å². The van der Waals surface area contributed by atoms with Gasteiger partial charge < -0.3 is 5.32 Å². The Balaban J connectivity index is 1.65. The Morgan fingerprint density at radius 3 is 2.34 bits per heavy atom. The molecule has 2 amide bonds. The zero-order chi connectivity index (χ0) is 22.5. The Labute approximate surface area is 196 Å². The molecule has 2 heterocycles. The zero-order valence-electron chi connectivity index (χ0n) is 17.6. The van der Waals surface area contributed by atoms with Crippen LogP contribution in [0.1, 0.15) is 36.5 Å². The summed E-state index contributed by atoms with van der Waals surface area (Å²) in [5.74, 6) is -0.00999. The van der Waals surface area contributed by atoms with Crippen LogP contribution in [0.3, 0.4) is 0 Å². The van der Waals surface area contributed by atoms with Gasteiger partial charge in [-0.25, -0.2) is 0 Å². The molecule has 1 spiro atoms. The molecule has 6 heteroatoms. The standard InChI is InChI=1S/C26H21ClN2O2S/c1-16(2)18-9-7-17(8-10-18)15-23-24(30)29(20-13-11-19(27)12-14-20)26(32-23)21-5-3-4-6-22(21)28-25(26)31/h3-16H,1-2H3,(H,28,31). The van der Waals surface area contributed by atoms with E-state index in [4.69, 9.17) is 11.6 Å². The lowest BCUT2D eigenvalue weighted by Crippen LogP contribution is -2.47. The van der Waals surface area contributed by atoms with Crippen LogP contribution in [0.5, 0.6) is 0 Å². The maximum atomic E-state index is 13.7. The lowest BCUT2D eigenvalue weighted by atomic mass is 10.0. The predicted octanol–water partition coefficient (Wildman–Crippen LogP) is 6.39. The van der Waals surface area contributed by atoms with Crippen LogP contribution in [0.15, 0.2) is 77.7 Å². The highest BCUT2D eigenvalue weighted by molar-refractivity contribution is 8.06. The minimum atomic E-state index is -1.20. The Bertz CT molecular complexity index is 1250. The molecule has 0 aliphatic carbocycles. The van der Waals surface area contributed by atoms with Crippen molar-refractivity contribution in [3.63, 3.8) is 0 Å². The van der Waals surface area contributed by atoms with Gasteiger partial charge in [-0.2, -0.15) is 0 Å². The van der Waals surface area contributed by atoms with Crippen molar-refractivity contribution in [2.24, 2.45) is 0 Å². The third kappa shape index (κ3) is 3.24. The van der Waals surface area contributed by atoms with E-state index in [0.717, 1.165) is 16.8 Å². The van der Waals surface area contributed by atoms with Gasteiger partial charge in [-0.05, 0) is 53.5 Å². The summed E-state index contributed by atoms with van der Waals surface area (Å²) in [6, 6.07) is 22.7. The maximum absolute atomic E-state index is 13.7. The second-order valence-electron chi connectivity index (χ2n) is 8.19. The number of nitrogens with one attached hydrogen (secondary N) is 1. The number of para-hydroxylation sites is 1. The highest BCUT2D eigenvalue weighted by Gasteiger charge is 2.60. The van der Waals surface area contributed by atoms with Crippen molar-refractivity contribution in [1.29, 1.82) is 0 Å². The van der Waals surface area contributed by atoms with Crippen LogP contribution in [-0.2, 0) is 14.5 Å². The molecule has 0 bridgehead atoms. The minimum Gasteiger partial charge on any atom is -0.323 e. The van der Waals surface area contributed by atoms with Crippen molar-refractivity contribution in [3.8, 4) is 0 Å². The number of thioether (sulfide) groups is 1. The number of amides is 2. The van der Waals surface area contributed by atoms with Crippen molar-refractivity contribution < 1.29 is 9.59 Å². The Kier molecular flexibility index (Phi) is 5.11. The van der Waals surface area contributed by atoms with Crippen molar-refractivity contribution >= 4 is 52.6 Å². The quantitative estimate of drug-likeness (QED) is 0.461. The molecule has 2 aliphatic heterocycles. The molecule has 2 aliphatic rings. The van der Waals surface area contributed by atoms with E-state index in [1.807, 2.05) is 42.5 Å². The van der Waals surface area contributed by atoms with Crippen LogP contribution in [0.4, 0.5) is 11.4 Å². The molecule has 1 unspecified atom stereocenters. The summed E-state index contributed by atoms with van der Waals surface area (Å²) in [6.07, 6.45) is 1.86. The summed E-state index contributed by atoms with van der Waals surface area (Å²) in [5, 5.41) is 3.53. The molecule has 0 radical (unpaired) electrons. The third-order valence-electron chi connectivity index (χ3n) is 5.82. The molecule has 160 valence electrons. The number of hydrogen-bond donors (Lipinski definition) is 1. The average molecular weight is 461 g/mol. The van der Waals surface area contributed by atoms with Gasteiger partial charge in [0, 0.05) is 22.0 Å². The van der Waals surface area contributed by atoms with E-state index in [-0.39, 0.29) is 11.8 Å². The zero-order valence-corrected chi connectivity index (χ0v) is 19.2. The Morgan fingerprint density at radius 2 is 1.66 bits per heavy atom. The van der Waals surface area contributed by atoms with Gasteiger partial charge in [0.2, 0.25) is 4.87 Å².